The Kier molecular flexibility index (Phi) is 4.14. The minimum Gasteiger partial charge on any atom is -0.372 e. The summed E-state index contributed by atoms with van der Waals surface area (Å²) in [6, 6.07) is 0.301. The first-order valence-corrected chi connectivity index (χ1v) is 8.32. The van der Waals surface area contributed by atoms with E-state index in [0.717, 1.165) is 31.3 Å². The third-order valence-corrected chi connectivity index (χ3v) is 5.31. The lowest BCUT2D eigenvalue weighted by Gasteiger charge is -2.37. The zero-order chi connectivity index (χ0) is 14.3. The molecule has 1 aliphatic heterocycles. The van der Waals surface area contributed by atoms with Gasteiger partial charge in [-0.25, -0.2) is 9.97 Å². The van der Waals surface area contributed by atoms with Crippen LogP contribution in [0.5, 0.6) is 0 Å². The highest BCUT2D eigenvalue weighted by atomic mass is 127. The highest BCUT2D eigenvalue weighted by Crippen LogP contribution is 2.42. The predicted molar refractivity (Wildman–Crippen MR) is 89.1 cm³/mol. The number of rotatable bonds is 3. The second-order valence-electron chi connectivity index (χ2n) is 5.91. The maximum absolute atomic E-state index is 4.92. The smallest absolute Gasteiger partial charge is 0.149 e. The minimum atomic E-state index is 0.301. The normalized spacial score (nSPS) is 24.9. The quantitative estimate of drug-likeness (QED) is 0.803. The van der Waals surface area contributed by atoms with E-state index in [1.165, 1.54) is 22.1 Å². The van der Waals surface area contributed by atoms with Gasteiger partial charge in [-0.2, -0.15) is 0 Å². The molecule has 0 spiro atoms. The van der Waals surface area contributed by atoms with Gasteiger partial charge in [-0.3, -0.25) is 4.90 Å². The molecule has 20 heavy (non-hydrogen) atoms. The minimum absolute atomic E-state index is 0.301. The number of aromatic nitrogens is 2. The summed E-state index contributed by atoms with van der Waals surface area (Å²) in [4.78, 5) is 14.4. The third-order valence-electron chi connectivity index (χ3n) is 4.24. The van der Waals surface area contributed by atoms with Crippen LogP contribution in [0.4, 0.5) is 5.82 Å². The molecule has 3 rings (SSSR count). The van der Waals surface area contributed by atoms with Crippen molar-refractivity contribution >= 4 is 28.4 Å². The molecular weight excluding hydrogens is 365 g/mol. The van der Waals surface area contributed by atoms with Crippen LogP contribution < -0.4 is 5.32 Å². The lowest BCUT2D eigenvalue weighted by molar-refractivity contribution is 0.109. The van der Waals surface area contributed by atoms with Gasteiger partial charge in [0.1, 0.15) is 11.6 Å². The van der Waals surface area contributed by atoms with Crippen LogP contribution in [-0.2, 0) is 0 Å². The average Bonchev–Trinajstić information content (AvgIpc) is 3.26. The van der Waals surface area contributed by atoms with Crippen molar-refractivity contribution in [3.8, 4) is 0 Å². The van der Waals surface area contributed by atoms with Crippen LogP contribution in [0.2, 0.25) is 0 Å². The van der Waals surface area contributed by atoms with Crippen molar-refractivity contribution in [1.29, 1.82) is 0 Å². The Morgan fingerprint density at radius 3 is 2.60 bits per heavy atom. The Bertz CT molecular complexity index is 503. The fourth-order valence-corrected chi connectivity index (χ4v) is 3.66. The first-order chi connectivity index (χ1) is 9.60. The molecule has 0 aromatic carbocycles. The molecule has 1 atom stereocenters. The molecule has 1 aromatic rings. The molecule has 2 aliphatic rings. The van der Waals surface area contributed by atoms with Crippen molar-refractivity contribution in [2.75, 3.05) is 46.1 Å². The number of hydrogen-bond donors (Lipinski definition) is 1. The van der Waals surface area contributed by atoms with Gasteiger partial charge in [-0.05, 0) is 49.5 Å². The summed E-state index contributed by atoms with van der Waals surface area (Å²) in [6.07, 6.45) is 2.55. The van der Waals surface area contributed by atoms with Gasteiger partial charge in [-0.15, -0.1) is 0 Å². The Morgan fingerprint density at radius 1 is 1.20 bits per heavy atom. The van der Waals surface area contributed by atoms with E-state index < -0.39 is 0 Å². The van der Waals surface area contributed by atoms with Crippen molar-refractivity contribution in [3.63, 3.8) is 0 Å². The van der Waals surface area contributed by atoms with Crippen LogP contribution in [0.3, 0.4) is 0 Å². The van der Waals surface area contributed by atoms with Crippen LogP contribution in [0.25, 0.3) is 0 Å². The number of nitrogens with zero attached hydrogens (tertiary/aromatic N) is 4. The molecule has 2 fully saturated rings. The zero-order valence-corrected chi connectivity index (χ0v) is 14.5. The van der Waals surface area contributed by atoms with Crippen molar-refractivity contribution in [1.82, 2.24) is 19.8 Å². The first-order valence-electron chi connectivity index (χ1n) is 7.24. The van der Waals surface area contributed by atoms with E-state index in [2.05, 4.69) is 51.8 Å². The Labute approximate surface area is 134 Å². The lowest BCUT2D eigenvalue weighted by atomic mass is 10.1. The molecule has 6 heteroatoms. The molecule has 1 aliphatic carbocycles. The van der Waals surface area contributed by atoms with Gasteiger partial charge < -0.3 is 10.2 Å². The second-order valence-corrected chi connectivity index (χ2v) is 6.99. The monoisotopic (exact) mass is 387 g/mol. The van der Waals surface area contributed by atoms with Crippen molar-refractivity contribution < 1.29 is 0 Å². The number of piperazine rings is 1. The largest absolute Gasteiger partial charge is 0.372 e. The molecule has 1 saturated carbocycles. The summed E-state index contributed by atoms with van der Waals surface area (Å²) in [5, 5.41) is 3.23. The zero-order valence-electron chi connectivity index (χ0n) is 12.4. The van der Waals surface area contributed by atoms with Crippen molar-refractivity contribution in [2.45, 2.75) is 24.8 Å². The lowest BCUT2D eigenvalue weighted by Crippen LogP contribution is -2.45. The molecule has 0 radical (unpaired) electrons. The SMILES string of the molecule is CNc1nc(C2CN(C)CCN2C)nc(C2CC2)c1I. The van der Waals surface area contributed by atoms with E-state index in [1.807, 2.05) is 7.05 Å². The van der Waals surface area contributed by atoms with E-state index in [4.69, 9.17) is 9.97 Å². The fraction of sp³-hybridized carbons (Fsp3) is 0.714. The molecule has 5 nitrogen and oxygen atoms in total. The average molecular weight is 387 g/mol. The second kappa shape index (κ2) is 5.73. The number of halogens is 1. The van der Waals surface area contributed by atoms with E-state index in [-0.39, 0.29) is 0 Å². The molecule has 1 N–H and O–H groups in total. The van der Waals surface area contributed by atoms with Crippen molar-refractivity contribution in [3.05, 3.63) is 15.1 Å². The van der Waals surface area contributed by atoms with Gasteiger partial charge in [0.2, 0.25) is 0 Å². The van der Waals surface area contributed by atoms with Gasteiger partial charge in [0.05, 0.1) is 15.3 Å². The maximum Gasteiger partial charge on any atom is 0.149 e. The molecule has 0 bridgehead atoms. The van der Waals surface area contributed by atoms with E-state index in [0.29, 0.717) is 12.0 Å². The summed E-state index contributed by atoms with van der Waals surface area (Å²) in [5.74, 6) is 2.62. The van der Waals surface area contributed by atoms with Crippen LogP contribution in [-0.4, -0.2) is 60.5 Å². The van der Waals surface area contributed by atoms with Crippen LogP contribution >= 0.6 is 22.6 Å². The predicted octanol–water partition coefficient (Wildman–Crippen LogP) is 1.92. The number of hydrogen-bond acceptors (Lipinski definition) is 5. The molecule has 1 saturated heterocycles. The van der Waals surface area contributed by atoms with Gasteiger partial charge in [-0.1, -0.05) is 0 Å². The Balaban J connectivity index is 1.97. The highest BCUT2D eigenvalue weighted by Gasteiger charge is 2.32. The topological polar surface area (TPSA) is 44.3 Å². The molecule has 1 unspecified atom stereocenters. The van der Waals surface area contributed by atoms with E-state index in [9.17, 15) is 0 Å². The Hall–Kier alpha value is -0.470. The summed E-state index contributed by atoms with van der Waals surface area (Å²) >= 11 is 2.38. The Morgan fingerprint density at radius 2 is 1.95 bits per heavy atom. The fourth-order valence-electron chi connectivity index (χ4n) is 2.71. The van der Waals surface area contributed by atoms with Crippen LogP contribution in [0.1, 0.15) is 36.3 Å². The number of likely N-dealkylation sites (N-methyl/N-ethyl adjacent to an activating group) is 2. The van der Waals surface area contributed by atoms with Crippen LogP contribution in [0.15, 0.2) is 0 Å². The van der Waals surface area contributed by atoms with Crippen LogP contribution in [0, 0.1) is 3.57 Å². The molecule has 0 amide bonds. The standard InChI is InChI=1S/C14H22IN5/c1-16-14-11(15)12(9-4-5-9)17-13(18-14)10-8-19(2)6-7-20(10)3/h9-10H,4-8H2,1-3H3,(H,16,17,18). The summed E-state index contributed by atoms with van der Waals surface area (Å²) in [6.45, 7) is 3.19. The van der Waals surface area contributed by atoms with E-state index >= 15 is 0 Å². The first kappa shape index (κ1) is 14.5. The number of nitrogens with one attached hydrogen (secondary N) is 1. The highest BCUT2D eigenvalue weighted by molar-refractivity contribution is 14.1. The van der Waals surface area contributed by atoms with Crippen molar-refractivity contribution in [2.24, 2.45) is 0 Å². The molecule has 110 valence electrons. The third kappa shape index (κ3) is 2.78. The summed E-state index contributed by atoms with van der Waals surface area (Å²) in [7, 11) is 6.30. The molecular formula is C14H22IN5. The van der Waals surface area contributed by atoms with E-state index in [1.54, 1.807) is 0 Å². The number of anilines is 1. The van der Waals surface area contributed by atoms with Gasteiger partial charge in [0, 0.05) is 32.6 Å². The van der Waals surface area contributed by atoms with Gasteiger partial charge >= 0.3 is 0 Å². The van der Waals surface area contributed by atoms with Gasteiger partial charge in [0.15, 0.2) is 0 Å². The molecule has 2 heterocycles. The van der Waals surface area contributed by atoms with Gasteiger partial charge in [0.25, 0.3) is 0 Å². The maximum atomic E-state index is 4.92. The molecule has 1 aromatic heterocycles. The summed E-state index contributed by atoms with van der Waals surface area (Å²) in [5.41, 5.74) is 1.25. The summed E-state index contributed by atoms with van der Waals surface area (Å²) < 4.78 is 1.20.